The standard InChI is InChI=1S/C61H48N2/c1-60(2)53-19-11-10-18-49(53)51-38-56-52(37-55(51)60)50-36-48(32-33-54(50)61(56)34-12-5-13-35-61)44-22-20-42(21-23-44)43-26-30-46(31-27-43)58-39-57(62-59(63-58)47-16-8-4-9-17-47)45-28-24-41(25-29-45)40-14-6-3-7-15-40/h3-4,6-11,14-33,36-39H,5,12-13,34-35H2,1-2H3. The average Bonchev–Trinajstić information content (AvgIpc) is 3.74. The molecule has 1 aromatic heterocycles. The summed E-state index contributed by atoms with van der Waals surface area (Å²) in [6.45, 7) is 4.81. The molecule has 0 unspecified atom stereocenters. The van der Waals surface area contributed by atoms with E-state index in [0.717, 1.165) is 33.9 Å². The highest BCUT2D eigenvalue weighted by molar-refractivity contribution is 5.91. The van der Waals surface area contributed by atoms with Gasteiger partial charge in [0, 0.05) is 27.5 Å². The molecule has 1 heterocycles. The lowest BCUT2D eigenvalue weighted by Crippen LogP contribution is -2.28. The van der Waals surface area contributed by atoms with Gasteiger partial charge in [0.1, 0.15) is 0 Å². The molecule has 0 saturated heterocycles. The minimum absolute atomic E-state index is 0.0200. The van der Waals surface area contributed by atoms with E-state index in [0.29, 0.717) is 0 Å². The highest BCUT2D eigenvalue weighted by atomic mass is 14.9. The number of hydrogen-bond acceptors (Lipinski definition) is 2. The van der Waals surface area contributed by atoms with Gasteiger partial charge in [-0.2, -0.15) is 0 Å². The second-order valence-corrected chi connectivity index (χ2v) is 18.4. The van der Waals surface area contributed by atoms with E-state index in [4.69, 9.17) is 9.97 Å². The van der Waals surface area contributed by atoms with Crippen LogP contribution in [-0.4, -0.2) is 9.97 Å². The maximum atomic E-state index is 5.10. The predicted octanol–water partition coefficient (Wildman–Crippen LogP) is 16.0. The average molecular weight is 809 g/mol. The fourth-order valence-electron chi connectivity index (χ4n) is 11.2. The van der Waals surface area contributed by atoms with Crippen LogP contribution in [0.1, 0.15) is 68.2 Å². The summed E-state index contributed by atoms with van der Waals surface area (Å²) in [4.78, 5) is 10.2. The quantitative estimate of drug-likeness (QED) is 0.167. The molecule has 1 spiro atoms. The van der Waals surface area contributed by atoms with E-state index >= 15 is 0 Å². The summed E-state index contributed by atoms with van der Waals surface area (Å²) in [6.07, 6.45) is 6.39. The van der Waals surface area contributed by atoms with Gasteiger partial charge in [0.15, 0.2) is 5.82 Å². The molecule has 0 atom stereocenters. The van der Waals surface area contributed by atoms with E-state index in [1.807, 2.05) is 18.2 Å². The Hall–Kier alpha value is -7.16. The van der Waals surface area contributed by atoms with E-state index in [-0.39, 0.29) is 10.8 Å². The first-order valence-electron chi connectivity index (χ1n) is 22.7. The fourth-order valence-corrected chi connectivity index (χ4v) is 11.2. The molecular formula is C61H48N2. The zero-order chi connectivity index (χ0) is 42.1. The molecule has 0 amide bonds. The first kappa shape index (κ1) is 37.6. The number of hydrogen-bond donors (Lipinski definition) is 0. The van der Waals surface area contributed by atoms with Gasteiger partial charge in [-0.15, -0.1) is 0 Å². The van der Waals surface area contributed by atoms with Gasteiger partial charge in [-0.1, -0.05) is 203 Å². The zero-order valence-electron chi connectivity index (χ0n) is 35.9. The van der Waals surface area contributed by atoms with Crippen molar-refractivity contribution in [1.29, 1.82) is 0 Å². The fraction of sp³-hybridized carbons (Fsp3) is 0.148. The monoisotopic (exact) mass is 808 g/mol. The van der Waals surface area contributed by atoms with Crippen LogP contribution in [0, 0.1) is 0 Å². The number of rotatable bonds is 6. The van der Waals surface area contributed by atoms with Gasteiger partial charge in [0.05, 0.1) is 11.4 Å². The third-order valence-electron chi connectivity index (χ3n) is 14.5. The maximum absolute atomic E-state index is 5.10. The Morgan fingerprint density at radius 1 is 0.317 bits per heavy atom. The first-order valence-corrected chi connectivity index (χ1v) is 22.7. The van der Waals surface area contributed by atoms with Crippen LogP contribution in [0.15, 0.2) is 194 Å². The van der Waals surface area contributed by atoms with Gasteiger partial charge in [-0.25, -0.2) is 9.97 Å². The van der Waals surface area contributed by atoms with E-state index in [1.54, 1.807) is 11.1 Å². The summed E-state index contributed by atoms with van der Waals surface area (Å²) in [5, 5.41) is 0. The molecule has 2 nitrogen and oxygen atoms in total. The lowest BCUT2D eigenvalue weighted by molar-refractivity contribution is 0.353. The molecule has 302 valence electrons. The van der Waals surface area contributed by atoms with Crippen LogP contribution < -0.4 is 0 Å². The third kappa shape index (κ3) is 6.22. The van der Waals surface area contributed by atoms with Crippen molar-refractivity contribution >= 4 is 0 Å². The minimum Gasteiger partial charge on any atom is -0.228 e. The summed E-state index contributed by atoms with van der Waals surface area (Å²) in [5.74, 6) is 0.720. The van der Waals surface area contributed by atoms with Gasteiger partial charge in [0.25, 0.3) is 0 Å². The molecule has 0 N–H and O–H groups in total. The minimum atomic E-state index is -0.0200. The Bertz CT molecular complexity index is 3170. The lowest BCUT2D eigenvalue weighted by atomic mass is 9.67. The van der Waals surface area contributed by atoms with Crippen molar-refractivity contribution in [3.63, 3.8) is 0 Å². The van der Waals surface area contributed by atoms with Crippen molar-refractivity contribution in [1.82, 2.24) is 9.97 Å². The molecule has 12 rings (SSSR count). The molecule has 2 heteroatoms. The highest BCUT2D eigenvalue weighted by Gasteiger charge is 2.46. The van der Waals surface area contributed by atoms with Crippen molar-refractivity contribution in [3.8, 4) is 89.5 Å². The molecule has 63 heavy (non-hydrogen) atoms. The Morgan fingerprint density at radius 3 is 1.37 bits per heavy atom. The highest BCUT2D eigenvalue weighted by Crippen LogP contribution is 2.60. The Balaban J connectivity index is 0.855. The summed E-state index contributed by atoms with van der Waals surface area (Å²) < 4.78 is 0. The van der Waals surface area contributed by atoms with E-state index in [2.05, 4.69) is 190 Å². The maximum Gasteiger partial charge on any atom is 0.160 e. The molecule has 9 aromatic rings. The predicted molar refractivity (Wildman–Crippen MR) is 262 cm³/mol. The molecule has 0 radical (unpaired) electrons. The van der Waals surface area contributed by atoms with Crippen molar-refractivity contribution < 1.29 is 0 Å². The van der Waals surface area contributed by atoms with E-state index in [9.17, 15) is 0 Å². The molecule has 0 aliphatic heterocycles. The molecular weight excluding hydrogens is 761 g/mol. The third-order valence-corrected chi connectivity index (χ3v) is 14.5. The van der Waals surface area contributed by atoms with Crippen LogP contribution in [0.4, 0.5) is 0 Å². The van der Waals surface area contributed by atoms with Crippen molar-refractivity contribution in [3.05, 3.63) is 216 Å². The second kappa shape index (κ2) is 14.7. The van der Waals surface area contributed by atoms with Crippen molar-refractivity contribution in [2.75, 3.05) is 0 Å². The smallest absolute Gasteiger partial charge is 0.160 e. The summed E-state index contributed by atoms with van der Waals surface area (Å²) in [5.41, 5.74) is 24.1. The molecule has 3 aliphatic carbocycles. The summed E-state index contributed by atoms with van der Waals surface area (Å²) >= 11 is 0. The van der Waals surface area contributed by atoms with Crippen molar-refractivity contribution in [2.24, 2.45) is 0 Å². The van der Waals surface area contributed by atoms with Crippen LogP contribution >= 0.6 is 0 Å². The number of nitrogens with zero attached hydrogens (tertiary/aromatic N) is 2. The first-order chi connectivity index (χ1) is 30.9. The van der Waals surface area contributed by atoms with Crippen LogP contribution in [0.5, 0.6) is 0 Å². The molecule has 3 aliphatic rings. The summed E-state index contributed by atoms with van der Waals surface area (Å²) in [6, 6.07) is 71.2. The van der Waals surface area contributed by atoms with Crippen molar-refractivity contribution in [2.45, 2.75) is 56.8 Å². The van der Waals surface area contributed by atoms with Gasteiger partial charge < -0.3 is 0 Å². The van der Waals surface area contributed by atoms with Crippen LogP contribution in [0.3, 0.4) is 0 Å². The zero-order valence-corrected chi connectivity index (χ0v) is 35.9. The van der Waals surface area contributed by atoms with Gasteiger partial charge in [-0.05, 0) is 115 Å². The van der Waals surface area contributed by atoms with Crippen LogP contribution in [0.25, 0.3) is 89.5 Å². The topological polar surface area (TPSA) is 25.8 Å². The Morgan fingerprint density at radius 2 is 0.762 bits per heavy atom. The Labute approximate surface area is 371 Å². The van der Waals surface area contributed by atoms with Gasteiger partial charge in [0.2, 0.25) is 0 Å². The summed E-state index contributed by atoms with van der Waals surface area (Å²) in [7, 11) is 0. The lowest BCUT2D eigenvalue weighted by Gasteiger charge is -2.36. The molecule has 1 fully saturated rings. The molecule has 8 aromatic carbocycles. The van der Waals surface area contributed by atoms with E-state index < -0.39 is 0 Å². The second-order valence-electron chi connectivity index (χ2n) is 18.4. The SMILES string of the molecule is CC1(C)c2ccccc2-c2cc3c(cc21)-c1cc(-c2ccc(-c4ccc(-c5cc(-c6ccc(-c7ccccc7)cc6)nc(-c6ccccc6)n5)cc4)cc2)ccc1C31CCCCC1. The van der Waals surface area contributed by atoms with Crippen LogP contribution in [-0.2, 0) is 10.8 Å². The van der Waals surface area contributed by atoms with E-state index in [1.165, 1.54) is 98.9 Å². The number of benzene rings is 8. The number of aromatic nitrogens is 2. The van der Waals surface area contributed by atoms with Crippen LogP contribution in [0.2, 0.25) is 0 Å². The number of fused-ring (bicyclic) bond motifs is 8. The molecule has 1 saturated carbocycles. The van der Waals surface area contributed by atoms with Gasteiger partial charge in [-0.3, -0.25) is 0 Å². The Kier molecular flexibility index (Phi) is 8.80. The van der Waals surface area contributed by atoms with Gasteiger partial charge >= 0.3 is 0 Å². The largest absolute Gasteiger partial charge is 0.228 e. The molecule has 0 bridgehead atoms. The normalized spacial score (nSPS) is 15.1.